The highest BCUT2D eigenvalue weighted by Crippen LogP contribution is 2.18. The SMILES string of the molecule is CCc1cccc(NCC(O)c2ccc(Cl)cc2)c1. The minimum Gasteiger partial charge on any atom is -0.387 e. The van der Waals surface area contributed by atoms with Gasteiger partial charge in [-0.25, -0.2) is 0 Å². The summed E-state index contributed by atoms with van der Waals surface area (Å²) in [4.78, 5) is 0. The number of hydrogen-bond acceptors (Lipinski definition) is 2. The fourth-order valence-corrected chi connectivity index (χ4v) is 2.04. The molecule has 0 heterocycles. The average molecular weight is 276 g/mol. The predicted octanol–water partition coefficient (Wildman–Crippen LogP) is 4.05. The van der Waals surface area contributed by atoms with E-state index in [0.717, 1.165) is 17.7 Å². The van der Waals surface area contributed by atoms with Crippen LogP contribution in [0, 0.1) is 0 Å². The van der Waals surface area contributed by atoms with E-state index in [9.17, 15) is 5.11 Å². The highest BCUT2D eigenvalue weighted by molar-refractivity contribution is 6.30. The van der Waals surface area contributed by atoms with Crippen LogP contribution in [-0.2, 0) is 6.42 Å². The predicted molar refractivity (Wildman–Crippen MR) is 80.7 cm³/mol. The first kappa shape index (κ1) is 13.9. The molecule has 2 rings (SSSR count). The molecular formula is C16H18ClNO. The standard InChI is InChI=1S/C16H18ClNO/c1-2-12-4-3-5-15(10-12)18-11-16(19)13-6-8-14(17)9-7-13/h3-10,16,18-19H,2,11H2,1H3. The van der Waals surface area contributed by atoms with Crippen molar-refractivity contribution in [2.75, 3.05) is 11.9 Å². The number of nitrogens with one attached hydrogen (secondary N) is 1. The number of halogens is 1. The van der Waals surface area contributed by atoms with Crippen molar-refractivity contribution in [3.05, 3.63) is 64.7 Å². The smallest absolute Gasteiger partial charge is 0.0962 e. The Bertz CT molecular complexity index is 525. The zero-order valence-corrected chi connectivity index (χ0v) is 11.7. The van der Waals surface area contributed by atoms with Crippen molar-refractivity contribution in [3.8, 4) is 0 Å². The monoisotopic (exact) mass is 275 g/mol. The summed E-state index contributed by atoms with van der Waals surface area (Å²) < 4.78 is 0. The van der Waals surface area contributed by atoms with Crippen LogP contribution in [-0.4, -0.2) is 11.7 Å². The molecular weight excluding hydrogens is 258 g/mol. The summed E-state index contributed by atoms with van der Waals surface area (Å²) in [7, 11) is 0. The Balaban J connectivity index is 1.96. The van der Waals surface area contributed by atoms with Gasteiger partial charge in [-0.3, -0.25) is 0 Å². The van der Waals surface area contributed by atoms with Crippen molar-refractivity contribution in [2.45, 2.75) is 19.4 Å². The second kappa shape index (κ2) is 6.60. The second-order valence-electron chi connectivity index (χ2n) is 4.50. The van der Waals surface area contributed by atoms with Crippen LogP contribution in [0.25, 0.3) is 0 Å². The maximum atomic E-state index is 10.1. The molecule has 2 aromatic carbocycles. The van der Waals surface area contributed by atoms with Gasteiger partial charge in [0.1, 0.15) is 0 Å². The lowest BCUT2D eigenvalue weighted by Crippen LogP contribution is -2.12. The number of anilines is 1. The fraction of sp³-hybridized carbons (Fsp3) is 0.250. The molecule has 19 heavy (non-hydrogen) atoms. The minimum atomic E-state index is -0.539. The summed E-state index contributed by atoms with van der Waals surface area (Å²) >= 11 is 5.83. The van der Waals surface area contributed by atoms with Crippen LogP contribution < -0.4 is 5.32 Å². The molecule has 2 nitrogen and oxygen atoms in total. The van der Waals surface area contributed by atoms with E-state index in [1.54, 1.807) is 12.1 Å². The molecule has 1 atom stereocenters. The van der Waals surface area contributed by atoms with E-state index >= 15 is 0 Å². The first-order chi connectivity index (χ1) is 9.19. The molecule has 0 amide bonds. The number of hydrogen-bond donors (Lipinski definition) is 2. The molecule has 0 saturated heterocycles. The van der Waals surface area contributed by atoms with Crippen LogP contribution in [0.4, 0.5) is 5.69 Å². The third-order valence-electron chi connectivity index (χ3n) is 3.09. The fourth-order valence-electron chi connectivity index (χ4n) is 1.92. The maximum Gasteiger partial charge on any atom is 0.0962 e. The lowest BCUT2D eigenvalue weighted by atomic mass is 10.1. The van der Waals surface area contributed by atoms with E-state index in [4.69, 9.17) is 11.6 Å². The molecule has 0 spiro atoms. The first-order valence-corrected chi connectivity index (χ1v) is 6.83. The quantitative estimate of drug-likeness (QED) is 0.863. The third-order valence-corrected chi connectivity index (χ3v) is 3.34. The molecule has 0 aliphatic rings. The van der Waals surface area contributed by atoms with Crippen molar-refractivity contribution in [3.63, 3.8) is 0 Å². The van der Waals surface area contributed by atoms with Crippen LogP contribution in [0.3, 0.4) is 0 Å². The van der Waals surface area contributed by atoms with E-state index in [-0.39, 0.29) is 0 Å². The largest absolute Gasteiger partial charge is 0.387 e. The molecule has 1 unspecified atom stereocenters. The minimum absolute atomic E-state index is 0.481. The Morgan fingerprint density at radius 3 is 2.58 bits per heavy atom. The van der Waals surface area contributed by atoms with Gasteiger partial charge in [-0.1, -0.05) is 42.8 Å². The van der Waals surface area contributed by atoms with Crippen LogP contribution in [0.1, 0.15) is 24.2 Å². The Morgan fingerprint density at radius 2 is 1.89 bits per heavy atom. The van der Waals surface area contributed by atoms with Gasteiger partial charge in [-0.15, -0.1) is 0 Å². The third kappa shape index (κ3) is 3.98. The maximum absolute atomic E-state index is 10.1. The lowest BCUT2D eigenvalue weighted by Gasteiger charge is -2.14. The molecule has 0 aliphatic heterocycles. The summed E-state index contributed by atoms with van der Waals surface area (Å²) in [6, 6.07) is 15.5. The van der Waals surface area contributed by atoms with E-state index in [0.29, 0.717) is 11.6 Å². The molecule has 0 fully saturated rings. The van der Waals surface area contributed by atoms with Crippen molar-refractivity contribution in [1.29, 1.82) is 0 Å². The Morgan fingerprint density at radius 1 is 1.16 bits per heavy atom. The van der Waals surface area contributed by atoms with E-state index < -0.39 is 6.10 Å². The van der Waals surface area contributed by atoms with Gasteiger partial charge in [-0.05, 0) is 41.8 Å². The normalized spacial score (nSPS) is 12.2. The molecule has 0 aliphatic carbocycles. The van der Waals surface area contributed by atoms with Gasteiger partial charge in [0.2, 0.25) is 0 Å². The lowest BCUT2D eigenvalue weighted by molar-refractivity contribution is 0.191. The topological polar surface area (TPSA) is 32.3 Å². The average Bonchev–Trinajstić information content (AvgIpc) is 2.46. The highest BCUT2D eigenvalue weighted by atomic mass is 35.5. The first-order valence-electron chi connectivity index (χ1n) is 6.45. The molecule has 0 aromatic heterocycles. The molecule has 3 heteroatoms. The van der Waals surface area contributed by atoms with Gasteiger partial charge < -0.3 is 10.4 Å². The van der Waals surface area contributed by atoms with Crippen molar-refractivity contribution >= 4 is 17.3 Å². The van der Waals surface area contributed by atoms with Crippen molar-refractivity contribution in [1.82, 2.24) is 0 Å². The number of benzene rings is 2. The Kier molecular flexibility index (Phi) is 4.83. The van der Waals surface area contributed by atoms with Gasteiger partial charge in [0, 0.05) is 17.3 Å². The summed E-state index contributed by atoms with van der Waals surface area (Å²) in [5, 5.41) is 14.0. The van der Waals surface area contributed by atoms with Gasteiger partial charge in [0.05, 0.1) is 6.10 Å². The second-order valence-corrected chi connectivity index (χ2v) is 4.94. The number of rotatable bonds is 5. The van der Waals surface area contributed by atoms with E-state index in [1.165, 1.54) is 5.56 Å². The van der Waals surface area contributed by atoms with Crippen LogP contribution >= 0.6 is 11.6 Å². The van der Waals surface area contributed by atoms with Gasteiger partial charge in [0.25, 0.3) is 0 Å². The number of aryl methyl sites for hydroxylation is 1. The van der Waals surface area contributed by atoms with Gasteiger partial charge >= 0.3 is 0 Å². The van der Waals surface area contributed by atoms with Crippen LogP contribution in [0.5, 0.6) is 0 Å². The van der Waals surface area contributed by atoms with Gasteiger partial charge in [-0.2, -0.15) is 0 Å². The molecule has 2 N–H and O–H groups in total. The van der Waals surface area contributed by atoms with Gasteiger partial charge in [0.15, 0.2) is 0 Å². The zero-order chi connectivity index (χ0) is 13.7. The molecule has 0 saturated carbocycles. The summed E-state index contributed by atoms with van der Waals surface area (Å²) in [6.45, 7) is 2.61. The highest BCUT2D eigenvalue weighted by Gasteiger charge is 2.07. The summed E-state index contributed by atoms with van der Waals surface area (Å²) in [5.74, 6) is 0. The number of aliphatic hydroxyl groups is 1. The molecule has 0 radical (unpaired) electrons. The van der Waals surface area contributed by atoms with E-state index in [2.05, 4.69) is 24.4 Å². The van der Waals surface area contributed by atoms with E-state index in [1.807, 2.05) is 24.3 Å². The molecule has 100 valence electrons. The Hall–Kier alpha value is -1.51. The molecule has 2 aromatic rings. The summed E-state index contributed by atoms with van der Waals surface area (Å²) in [5.41, 5.74) is 3.18. The molecule has 0 bridgehead atoms. The van der Waals surface area contributed by atoms with Crippen molar-refractivity contribution in [2.24, 2.45) is 0 Å². The van der Waals surface area contributed by atoms with Crippen molar-refractivity contribution < 1.29 is 5.11 Å². The van der Waals surface area contributed by atoms with Crippen LogP contribution in [0.2, 0.25) is 5.02 Å². The number of aliphatic hydroxyl groups excluding tert-OH is 1. The Labute approximate surface area is 119 Å². The zero-order valence-electron chi connectivity index (χ0n) is 10.9. The van der Waals surface area contributed by atoms with Crippen LogP contribution in [0.15, 0.2) is 48.5 Å². The summed E-state index contributed by atoms with van der Waals surface area (Å²) in [6.07, 6.45) is 0.470.